The smallest absolute Gasteiger partial charge is 0.168 e. The van der Waals surface area contributed by atoms with Crippen molar-refractivity contribution in [3.8, 4) is 5.75 Å². The van der Waals surface area contributed by atoms with Crippen molar-refractivity contribution in [3.63, 3.8) is 0 Å². The maximum Gasteiger partial charge on any atom is 0.168 e. The summed E-state index contributed by atoms with van der Waals surface area (Å²) in [5, 5.41) is 3.34. The summed E-state index contributed by atoms with van der Waals surface area (Å²) in [6.07, 6.45) is 3.97. The molecule has 90 valence electrons. The van der Waals surface area contributed by atoms with Crippen LogP contribution in [0.15, 0.2) is 18.3 Å². The third kappa shape index (κ3) is 4.09. The summed E-state index contributed by atoms with van der Waals surface area (Å²) in [7, 11) is 0. The molecule has 1 aromatic heterocycles. The topological polar surface area (TPSA) is 34.1 Å². The van der Waals surface area contributed by atoms with Gasteiger partial charge in [0.1, 0.15) is 0 Å². The molecule has 0 amide bonds. The molecule has 1 unspecified atom stereocenters. The lowest BCUT2D eigenvalue weighted by Crippen LogP contribution is -2.12. The number of nitrogens with one attached hydrogen (secondary N) is 1. The van der Waals surface area contributed by atoms with Crippen LogP contribution in [0.3, 0.4) is 0 Å². The van der Waals surface area contributed by atoms with E-state index in [-0.39, 0.29) is 0 Å². The first kappa shape index (κ1) is 12.8. The second kappa shape index (κ2) is 7.09. The second-order valence-electron chi connectivity index (χ2n) is 4.09. The van der Waals surface area contributed by atoms with Crippen molar-refractivity contribution in [3.05, 3.63) is 18.3 Å². The number of nitrogens with zero attached hydrogens (tertiary/aromatic N) is 1. The Hall–Kier alpha value is -1.25. The van der Waals surface area contributed by atoms with Crippen molar-refractivity contribution in [1.29, 1.82) is 0 Å². The monoisotopic (exact) mass is 222 g/mol. The van der Waals surface area contributed by atoms with E-state index in [0.29, 0.717) is 5.92 Å². The number of ether oxygens (including phenoxy) is 1. The van der Waals surface area contributed by atoms with E-state index in [9.17, 15) is 0 Å². The molecule has 0 saturated carbocycles. The van der Waals surface area contributed by atoms with Crippen molar-refractivity contribution in [1.82, 2.24) is 4.98 Å². The summed E-state index contributed by atoms with van der Waals surface area (Å²) in [5.74, 6) is 2.37. The molecule has 0 radical (unpaired) electrons. The predicted molar refractivity (Wildman–Crippen MR) is 68.0 cm³/mol. The molecule has 0 aliphatic carbocycles. The predicted octanol–water partition coefficient (Wildman–Crippen LogP) is 3.33. The average molecular weight is 222 g/mol. The molecule has 1 heterocycles. The molecule has 3 heteroatoms. The zero-order valence-corrected chi connectivity index (χ0v) is 10.5. The lowest BCUT2D eigenvalue weighted by molar-refractivity contribution is 0.317. The SMILES string of the molecule is CCCOc1cccnc1NCC(C)CC. The van der Waals surface area contributed by atoms with E-state index in [1.807, 2.05) is 12.1 Å². The Balaban J connectivity index is 2.56. The van der Waals surface area contributed by atoms with E-state index in [1.54, 1.807) is 6.20 Å². The Morgan fingerprint density at radius 2 is 2.25 bits per heavy atom. The number of hydrogen-bond acceptors (Lipinski definition) is 3. The first-order chi connectivity index (χ1) is 7.77. The molecule has 0 bridgehead atoms. The van der Waals surface area contributed by atoms with E-state index in [1.165, 1.54) is 6.42 Å². The van der Waals surface area contributed by atoms with Gasteiger partial charge < -0.3 is 10.1 Å². The van der Waals surface area contributed by atoms with E-state index < -0.39 is 0 Å². The van der Waals surface area contributed by atoms with Gasteiger partial charge in [-0.3, -0.25) is 0 Å². The number of anilines is 1. The third-order valence-corrected chi connectivity index (χ3v) is 2.55. The Kier molecular flexibility index (Phi) is 5.68. The zero-order chi connectivity index (χ0) is 11.8. The fraction of sp³-hybridized carbons (Fsp3) is 0.615. The number of aromatic nitrogens is 1. The molecular formula is C13H22N2O. The van der Waals surface area contributed by atoms with Gasteiger partial charge in [0.15, 0.2) is 11.6 Å². The number of hydrogen-bond donors (Lipinski definition) is 1. The molecule has 0 spiro atoms. The highest BCUT2D eigenvalue weighted by Gasteiger charge is 2.05. The minimum atomic E-state index is 0.654. The van der Waals surface area contributed by atoms with Gasteiger partial charge in [0.2, 0.25) is 0 Å². The molecule has 0 aromatic carbocycles. The summed E-state index contributed by atoms with van der Waals surface area (Å²) in [6.45, 7) is 8.20. The van der Waals surface area contributed by atoms with Crippen LogP contribution < -0.4 is 10.1 Å². The lowest BCUT2D eigenvalue weighted by Gasteiger charge is -2.14. The van der Waals surface area contributed by atoms with Gasteiger partial charge in [-0.05, 0) is 24.5 Å². The molecule has 0 saturated heterocycles. The van der Waals surface area contributed by atoms with Crippen LogP contribution in [-0.4, -0.2) is 18.1 Å². The summed E-state index contributed by atoms with van der Waals surface area (Å²) >= 11 is 0. The first-order valence-electron chi connectivity index (χ1n) is 6.09. The van der Waals surface area contributed by atoms with E-state index in [4.69, 9.17) is 4.74 Å². The molecule has 1 N–H and O–H groups in total. The van der Waals surface area contributed by atoms with Gasteiger partial charge in [0.05, 0.1) is 6.61 Å². The second-order valence-corrected chi connectivity index (χ2v) is 4.09. The highest BCUT2D eigenvalue weighted by atomic mass is 16.5. The molecule has 0 aliphatic heterocycles. The highest BCUT2D eigenvalue weighted by molar-refractivity contribution is 5.49. The summed E-state index contributed by atoms with van der Waals surface area (Å²) < 4.78 is 5.63. The largest absolute Gasteiger partial charge is 0.490 e. The first-order valence-corrected chi connectivity index (χ1v) is 6.09. The van der Waals surface area contributed by atoms with Gasteiger partial charge in [-0.25, -0.2) is 4.98 Å². The Bertz CT molecular complexity index is 302. The van der Waals surface area contributed by atoms with Crippen LogP contribution in [0.5, 0.6) is 5.75 Å². The summed E-state index contributed by atoms with van der Waals surface area (Å²) in [5.41, 5.74) is 0. The number of pyridine rings is 1. The molecule has 3 nitrogen and oxygen atoms in total. The lowest BCUT2D eigenvalue weighted by atomic mass is 10.1. The van der Waals surface area contributed by atoms with Gasteiger partial charge in [-0.1, -0.05) is 27.2 Å². The van der Waals surface area contributed by atoms with Crippen molar-refractivity contribution < 1.29 is 4.74 Å². The fourth-order valence-corrected chi connectivity index (χ4v) is 1.27. The van der Waals surface area contributed by atoms with Gasteiger partial charge in [-0.15, -0.1) is 0 Å². The average Bonchev–Trinajstić information content (AvgIpc) is 2.34. The van der Waals surface area contributed by atoms with Crippen molar-refractivity contribution in [2.24, 2.45) is 5.92 Å². The molecule has 1 aromatic rings. The molecule has 1 rings (SSSR count). The minimum absolute atomic E-state index is 0.654. The molecule has 0 aliphatic rings. The Morgan fingerprint density at radius 1 is 1.44 bits per heavy atom. The maximum atomic E-state index is 5.63. The summed E-state index contributed by atoms with van der Waals surface area (Å²) in [6, 6.07) is 3.86. The zero-order valence-electron chi connectivity index (χ0n) is 10.5. The van der Waals surface area contributed by atoms with Crippen LogP contribution in [-0.2, 0) is 0 Å². The third-order valence-electron chi connectivity index (χ3n) is 2.55. The van der Waals surface area contributed by atoms with Crippen LogP contribution >= 0.6 is 0 Å². The maximum absolute atomic E-state index is 5.63. The Labute approximate surface area is 98.2 Å². The highest BCUT2D eigenvalue weighted by Crippen LogP contribution is 2.21. The van der Waals surface area contributed by atoms with Gasteiger partial charge in [-0.2, -0.15) is 0 Å². The van der Waals surface area contributed by atoms with Crippen LogP contribution in [0.4, 0.5) is 5.82 Å². The van der Waals surface area contributed by atoms with E-state index in [2.05, 4.69) is 31.1 Å². The molecule has 16 heavy (non-hydrogen) atoms. The van der Waals surface area contributed by atoms with Gasteiger partial charge >= 0.3 is 0 Å². The van der Waals surface area contributed by atoms with Crippen LogP contribution in [0.1, 0.15) is 33.6 Å². The van der Waals surface area contributed by atoms with E-state index >= 15 is 0 Å². The normalized spacial score (nSPS) is 12.2. The minimum Gasteiger partial charge on any atom is -0.490 e. The van der Waals surface area contributed by atoms with Crippen LogP contribution in [0.25, 0.3) is 0 Å². The van der Waals surface area contributed by atoms with Crippen molar-refractivity contribution in [2.45, 2.75) is 33.6 Å². The van der Waals surface area contributed by atoms with Crippen LogP contribution in [0.2, 0.25) is 0 Å². The summed E-state index contributed by atoms with van der Waals surface area (Å²) in [4.78, 5) is 4.30. The molecule has 1 atom stereocenters. The van der Waals surface area contributed by atoms with Crippen molar-refractivity contribution in [2.75, 3.05) is 18.5 Å². The van der Waals surface area contributed by atoms with Gasteiger partial charge in [0.25, 0.3) is 0 Å². The van der Waals surface area contributed by atoms with E-state index in [0.717, 1.165) is 31.1 Å². The standard InChI is InChI=1S/C13H22N2O/c1-4-9-16-12-7-6-8-14-13(12)15-10-11(3)5-2/h6-8,11H,4-5,9-10H2,1-3H3,(H,14,15). The fourth-order valence-electron chi connectivity index (χ4n) is 1.27. The number of rotatable bonds is 7. The molecule has 0 fully saturated rings. The quantitative estimate of drug-likeness (QED) is 0.768. The van der Waals surface area contributed by atoms with Gasteiger partial charge in [0, 0.05) is 12.7 Å². The van der Waals surface area contributed by atoms with Crippen molar-refractivity contribution >= 4 is 5.82 Å². The Morgan fingerprint density at radius 3 is 2.94 bits per heavy atom. The van der Waals surface area contributed by atoms with Crippen LogP contribution in [0, 0.1) is 5.92 Å². The molecular weight excluding hydrogens is 200 g/mol.